The third-order valence-corrected chi connectivity index (χ3v) is 8.56. The Morgan fingerprint density at radius 2 is 1.06 bits per heavy atom. The van der Waals surface area contributed by atoms with Gasteiger partial charge >= 0.3 is 5.97 Å². The molecule has 0 unspecified atom stereocenters. The lowest BCUT2D eigenvalue weighted by Crippen LogP contribution is -2.07. The van der Waals surface area contributed by atoms with Crippen LogP contribution in [0.3, 0.4) is 0 Å². The second-order valence-electron chi connectivity index (χ2n) is 12.8. The first-order chi connectivity index (χ1) is 23.4. The third-order valence-electron chi connectivity index (χ3n) is 8.56. The fraction of sp³-hybridized carbons (Fsp3) is 0.442. The molecule has 4 nitrogen and oxygen atoms in total. The van der Waals surface area contributed by atoms with Crippen LogP contribution in [0, 0.1) is 5.82 Å². The molecule has 5 heteroatoms. The van der Waals surface area contributed by atoms with E-state index in [-0.39, 0.29) is 17.6 Å². The van der Waals surface area contributed by atoms with Gasteiger partial charge in [0.1, 0.15) is 17.3 Å². The fourth-order valence-corrected chi connectivity index (χ4v) is 5.58. The van der Waals surface area contributed by atoms with Crippen molar-refractivity contribution in [3.05, 3.63) is 108 Å². The molecule has 0 radical (unpaired) electrons. The van der Waals surface area contributed by atoms with Crippen LogP contribution in [0.1, 0.15) is 138 Å². The molecule has 258 valence electrons. The maximum Gasteiger partial charge on any atom is 0.311 e. The van der Waals surface area contributed by atoms with Crippen molar-refractivity contribution in [2.45, 2.75) is 116 Å². The molecule has 3 aromatic rings. The monoisotopic (exact) mass is 654 g/mol. The van der Waals surface area contributed by atoms with Crippen molar-refractivity contribution in [1.82, 2.24) is 0 Å². The fourth-order valence-electron chi connectivity index (χ4n) is 5.58. The molecular formula is C43H55FO4. The van der Waals surface area contributed by atoms with Gasteiger partial charge in [-0.15, -0.1) is 0 Å². The average Bonchev–Trinajstić information content (AvgIpc) is 3.09. The zero-order valence-corrected chi connectivity index (χ0v) is 29.0. The number of benzene rings is 3. The van der Waals surface area contributed by atoms with Crippen molar-refractivity contribution >= 4 is 23.4 Å². The molecule has 0 aliphatic carbocycles. The van der Waals surface area contributed by atoms with Crippen LogP contribution in [0.15, 0.2) is 85.5 Å². The maximum absolute atomic E-state index is 13.0. The summed E-state index contributed by atoms with van der Waals surface area (Å²) >= 11 is 0. The van der Waals surface area contributed by atoms with E-state index in [9.17, 15) is 14.0 Å². The molecule has 0 aliphatic heterocycles. The zero-order chi connectivity index (χ0) is 34.2. The van der Waals surface area contributed by atoms with Crippen LogP contribution >= 0.6 is 0 Å². The summed E-state index contributed by atoms with van der Waals surface area (Å²) in [6, 6.07) is 20.7. The summed E-state index contributed by atoms with van der Waals surface area (Å²) in [6.07, 6.45) is 23.6. The number of carbonyl (C=O) groups excluding carboxylic acids is 2. The standard InChI is InChI=1S/C43H55FO4/c1-35(2)37-25-31-40(32-26-37)47-34-18-16-14-12-10-8-6-4-3-5-7-9-11-13-15-17-19-43(46)48-41-29-20-36(21-30-41)22-33-42(45)38-23-27-39(44)28-24-38/h20-33H,1,3-19,34H2,2H3. The summed E-state index contributed by atoms with van der Waals surface area (Å²) in [6.45, 7) is 6.79. The molecule has 0 aliphatic rings. The highest BCUT2D eigenvalue weighted by Crippen LogP contribution is 2.19. The minimum atomic E-state index is -0.373. The van der Waals surface area contributed by atoms with Crippen LogP contribution < -0.4 is 9.47 Å². The number of halogens is 1. The van der Waals surface area contributed by atoms with Crippen molar-refractivity contribution in [3.63, 3.8) is 0 Å². The number of ketones is 1. The molecule has 0 saturated heterocycles. The highest BCUT2D eigenvalue weighted by atomic mass is 19.1. The summed E-state index contributed by atoms with van der Waals surface area (Å²) in [5.41, 5.74) is 3.49. The van der Waals surface area contributed by atoms with E-state index in [1.54, 1.807) is 30.3 Å². The maximum atomic E-state index is 13.0. The predicted octanol–water partition coefficient (Wildman–Crippen LogP) is 12.4. The van der Waals surface area contributed by atoms with E-state index in [0.717, 1.165) is 42.8 Å². The predicted molar refractivity (Wildman–Crippen MR) is 197 cm³/mol. The molecule has 3 aromatic carbocycles. The van der Waals surface area contributed by atoms with E-state index in [4.69, 9.17) is 9.47 Å². The number of ether oxygens (including phenoxy) is 2. The smallest absolute Gasteiger partial charge is 0.311 e. The molecule has 0 bridgehead atoms. The first kappa shape index (κ1) is 38.5. The van der Waals surface area contributed by atoms with E-state index in [1.807, 2.05) is 19.1 Å². The van der Waals surface area contributed by atoms with Gasteiger partial charge in [0.25, 0.3) is 0 Å². The lowest BCUT2D eigenvalue weighted by Gasteiger charge is -2.07. The van der Waals surface area contributed by atoms with Crippen molar-refractivity contribution in [2.24, 2.45) is 0 Å². The van der Waals surface area contributed by atoms with Gasteiger partial charge in [-0.25, -0.2) is 4.39 Å². The number of hydrogen-bond acceptors (Lipinski definition) is 4. The first-order valence-corrected chi connectivity index (χ1v) is 18.1. The van der Waals surface area contributed by atoms with Crippen molar-refractivity contribution in [3.8, 4) is 11.5 Å². The van der Waals surface area contributed by atoms with Crippen LogP contribution in [0.2, 0.25) is 0 Å². The van der Waals surface area contributed by atoms with E-state index < -0.39 is 0 Å². The number of esters is 1. The largest absolute Gasteiger partial charge is 0.494 e. The van der Waals surface area contributed by atoms with E-state index >= 15 is 0 Å². The molecule has 0 N–H and O–H groups in total. The summed E-state index contributed by atoms with van der Waals surface area (Å²) in [7, 11) is 0. The first-order valence-electron chi connectivity index (χ1n) is 18.1. The Labute approximate surface area is 288 Å². The van der Waals surface area contributed by atoms with Crippen molar-refractivity contribution in [1.29, 1.82) is 0 Å². The number of unbranched alkanes of at least 4 members (excludes halogenated alkanes) is 15. The van der Waals surface area contributed by atoms with Crippen LogP contribution in [-0.4, -0.2) is 18.4 Å². The second kappa shape index (κ2) is 23.4. The summed E-state index contributed by atoms with van der Waals surface area (Å²) in [5.74, 6) is 0.664. The lowest BCUT2D eigenvalue weighted by atomic mass is 10.0. The molecule has 0 fully saturated rings. The van der Waals surface area contributed by atoms with Crippen molar-refractivity contribution in [2.75, 3.05) is 6.61 Å². The number of carbonyl (C=O) groups is 2. The molecule has 0 saturated carbocycles. The van der Waals surface area contributed by atoms with Gasteiger partial charge in [0, 0.05) is 12.0 Å². The highest BCUT2D eigenvalue weighted by Gasteiger charge is 2.06. The van der Waals surface area contributed by atoms with Gasteiger partial charge in [-0.3, -0.25) is 9.59 Å². The SMILES string of the molecule is C=C(C)c1ccc(OCCCCCCCCCCCCCCCCCCC(=O)Oc2ccc(C=CC(=O)c3ccc(F)cc3)cc2)cc1. The third kappa shape index (κ3) is 16.7. The Balaban J connectivity index is 1.06. The van der Waals surface area contributed by atoms with Gasteiger partial charge in [0.15, 0.2) is 5.78 Å². The van der Waals surface area contributed by atoms with Crippen molar-refractivity contribution < 1.29 is 23.5 Å². The van der Waals surface area contributed by atoms with E-state index in [2.05, 4.69) is 18.7 Å². The van der Waals surface area contributed by atoms with Gasteiger partial charge < -0.3 is 9.47 Å². The van der Waals surface area contributed by atoms with E-state index in [1.165, 1.54) is 119 Å². The zero-order valence-electron chi connectivity index (χ0n) is 29.0. The van der Waals surface area contributed by atoms with Crippen LogP contribution in [0.5, 0.6) is 11.5 Å². The van der Waals surface area contributed by atoms with Crippen LogP contribution in [0.25, 0.3) is 11.6 Å². The molecule has 0 heterocycles. The minimum Gasteiger partial charge on any atom is -0.494 e. The normalized spacial score (nSPS) is 11.1. The summed E-state index contributed by atoms with van der Waals surface area (Å²) in [5, 5.41) is 0. The van der Waals surface area contributed by atoms with Crippen LogP contribution in [-0.2, 0) is 4.79 Å². The molecule has 0 atom stereocenters. The number of rotatable bonds is 25. The minimum absolute atomic E-state index is 0.200. The molecule has 0 spiro atoms. The molecule has 0 aromatic heterocycles. The second-order valence-corrected chi connectivity index (χ2v) is 12.8. The molecule has 3 rings (SSSR count). The van der Waals surface area contributed by atoms with Gasteiger partial charge in [0.2, 0.25) is 0 Å². The van der Waals surface area contributed by atoms with Gasteiger partial charge in [-0.2, -0.15) is 0 Å². The Hall–Kier alpha value is -3.99. The summed E-state index contributed by atoms with van der Waals surface area (Å²) in [4.78, 5) is 24.4. The Bertz CT molecular complexity index is 1370. The van der Waals surface area contributed by atoms with Gasteiger partial charge in [-0.1, -0.05) is 132 Å². The Morgan fingerprint density at radius 1 is 0.604 bits per heavy atom. The van der Waals surface area contributed by atoms with Gasteiger partial charge in [0.05, 0.1) is 6.61 Å². The summed E-state index contributed by atoms with van der Waals surface area (Å²) < 4.78 is 24.3. The topological polar surface area (TPSA) is 52.6 Å². The Morgan fingerprint density at radius 3 is 1.58 bits per heavy atom. The number of hydrogen-bond donors (Lipinski definition) is 0. The molecule has 48 heavy (non-hydrogen) atoms. The molecular weight excluding hydrogens is 599 g/mol. The highest BCUT2D eigenvalue weighted by molar-refractivity contribution is 6.06. The van der Waals surface area contributed by atoms with E-state index in [0.29, 0.717) is 17.7 Å². The quantitative estimate of drug-likeness (QED) is 0.0300. The lowest BCUT2D eigenvalue weighted by molar-refractivity contribution is -0.134. The number of allylic oxidation sites excluding steroid dienone is 2. The average molecular weight is 655 g/mol. The Kier molecular flexibility index (Phi) is 18.7. The van der Waals surface area contributed by atoms with Crippen LogP contribution in [0.4, 0.5) is 4.39 Å². The van der Waals surface area contributed by atoms with Gasteiger partial charge in [-0.05, 0) is 85.5 Å². The molecule has 0 amide bonds.